The van der Waals surface area contributed by atoms with E-state index in [1.807, 2.05) is 0 Å². The molecule has 0 saturated carbocycles. The fourth-order valence-corrected chi connectivity index (χ4v) is 5.76. The van der Waals surface area contributed by atoms with Gasteiger partial charge in [0.05, 0.1) is 24.8 Å². The molecule has 1 aliphatic heterocycles. The summed E-state index contributed by atoms with van der Waals surface area (Å²) < 4.78 is 37.1. The fourth-order valence-electron chi connectivity index (χ4n) is 3.54. The van der Waals surface area contributed by atoms with Crippen LogP contribution in [0.2, 0.25) is 0 Å². The first kappa shape index (κ1) is 28.1. The van der Waals surface area contributed by atoms with Gasteiger partial charge in [-0.1, -0.05) is 25.1 Å². The van der Waals surface area contributed by atoms with Crippen LogP contribution in [0.15, 0.2) is 46.1 Å². The Morgan fingerprint density at radius 2 is 1.92 bits per heavy atom. The number of aliphatic hydroxyl groups is 1. The first-order chi connectivity index (χ1) is 16.9. The molecule has 13 heteroatoms. The fraction of sp³-hybridized carbons (Fsp3) is 0.522. The molecule has 0 amide bonds. The molecule has 3 rings (SSSR count). The van der Waals surface area contributed by atoms with Gasteiger partial charge >= 0.3 is 19.3 Å². The van der Waals surface area contributed by atoms with E-state index in [1.165, 1.54) is 13.1 Å². The number of esters is 1. The van der Waals surface area contributed by atoms with Crippen LogP contribution in [0.3, 0.4) is 0 Å². The Kier molecular flexibility index (Phi) is 9.18. The largest absolute Gasteiger partial charge is 0.463 e. The van der Waals surface area contributed by atoms with Gasteiger partial charge in [0.2, 0.25) is 0 Å². The van der Waals surface area contributed by atoms with Crippen LogP contribution in [0.4, 0.5) is 0 Å². The lowest BCUT2D eigenvalue weighted by molar-refractivity contribution is -0.151. The van der Waals surface area contributed by atoms with E-state index in [2.05, 4.69) is 4.98 Å². The van der Waals surface area contributed by atoms with Crippen molar-refractivity contribution in [2.75, 3.05) is 12.8 Å². The van der Waals surface area contributed by atoms with E-state index in [4.69, 9.17) is 30.1 Å². The Labute approximate surface area is 212 Å². The molecule has 2 N–H and O–H groups in total. The van der Waals surface area contributed by atoms with E-state index in [0.29, 0.717) is 0 Å². The van der Waals surface area contributed by atoms with Gasteiger partial charge in [-0.25, -0.2) is 9.36 Å². The highest BCUT2D eigenvalue weighted by Gasteiger charge is 2.45. The third-order valence-corrected chi connectivity index (χ3v) is 7.89. The molecule has 0 radical (unpaired) electrons. The van der Waals surface area contributed by atoms with Crippen LogP contribution in [-0.2, 0) is 23.4 Å². The molecule has 2 aromatic rings. The molecule has 198 valence electrons. The Morgan fingerprint density at radius 1 is 1.25 bits per heavy atom. The van der Waals surface area contributed by atoms with E-state index < -0.39 is 61.2 Å². The van der Waals surface area contributed by atoms with Crippen LogP contribution in [0.1, 0.15) is 32.6 Å². The van der Waals surface area contributed by atoms with Crippen LogP contribution >= 0.6 is 19.2 Å². The SMILES string of the molecule is Cc1cn([C@H]2O[C@@H](COP(=O)(C[C@@H](C)C(=O)OC(C)C)Oc3ccccc3)C(O)[C@H]2Cl)c(=O)[nH]c1=O. The molecule has 0 bridgehead atoms. The van der Waals surface area contributed by atoms with E-state index in [1.54, 1.807) is 51.1 Å². The molecule has 0 spiro atoms. The second kappa shape index (κ2) is 11.7. The van der Waals surface area contributed by atoms with Gasteiger partial charge in [-0.05, 0) is 32.9 Å². The van der Waals surface area contributed by atoms with Crippen molar-refractivity contribution >= 4 is 25.2 Å². The Bertz CT molecular complexity index is 1220. The number of halogens is 1. The number of hydrogen-bond acceptors (Lipinski definition) is 9. The number of aryl methyl sites for hydroxylation is 1. The van der Waals surface area contributed by atoms with Crippen molar-refractivity contribution in [3.63, 3.8) is 0 Å². The van der Waals surface area contributed by atoms with E-state index in [-0.39, 0.29) is 23.6 Å². The summed E-state index contributed by atoms with van der Waals surface area (Å²) in [4.78, 5) is 38.4. The summed E-state index contributed by atoms with van der Waals surface area (Å²) in [5.74, 6) is -1.11. The summed E-state index contributed by atoms with van der Waals surface area (Å²) in [6, 6.07) is 8.30. The molecule has 1 fully saturated rings. The number of H-pyrrole nitrogens is 1. The molecular formula is C23H30ClN2O9P. The number of aromatic amines is 1. The standard InChI is InChI=1S/C23H30ClN2O9P/c1-13(2)33-22(29)15(4)12-36(31,35-16-8-6-5-7-9-16)32-11-17-19(27)18(24)21(34-17)26-10-14(3)20(28)25-23(26)30/h5-10,13,15,17-19,21,27H,11-12H2,1-4H3,(H,25,28,30)/t15-,17+,18-,19?,21+,36?/m1/s1. The van der Waals surface area contributed by atoms with Crippen LogP contribution in [0.25, 0.3) is 0 Å². The molecule has 1 aliphatic rings. The summed E-state index contributed by atoms with van der Waals surface area (Å²) in [5.41, 5.74) is -1.06. The average Bonchev–Trinajstić information content (AvgIpc) is 3.08. The Balaban J connectivity index is 1.77. The average molecular weight is 545 g/mol. The first-order valence-electron chi connectivity index (χ1n) is 11.4. The summed E-state index contributed by atoms with van der Waals surface area (Å²) in [7, 11) is -3.96. The molecule has 6 atom stereocenters. The number of aromatic nitrogens is 2. The minimum atomic E-state index is -3.96. The lowest BCUT2D eigenvalue weighted by atomic mass is 10.2. The molecule has 1 aromatic heterocycles. The highest BCUT2D eigenvalue weighted by molar-refractivity contribution is 7.54. The van der Waals surface area contributed by atoms with E-state index >= 15 is 0 Å². The zero-order chi connectivity index (χ0) is 26.6. The van der Waals surface area contributed by atoms with Gasteiger partial charge in [0.15, 0.2) is 6.23 Å². The van der Waals surface area contributed by atoms with Gasteiger partial charge in [0, 0.05) is 11.8 Å². The minimum absolute atomic E-state index is 0.249. The van der Waals surface area contributed by atoms with Crippen molar-refractivity contribution < 1.29 is 33.0 Å². The molecule has 0 aliphatic carbocycles. The van der Waals surface area contributed by atoms with Crippen molar-refractivity contribution in [1.29, 1.82) is 0 Å². The maximum absolute atomic E-state index is 13.7. The second-order valence-electron chi connectivity index (χ2n) is 8.86. The predicted octanol–water partition coefficient (Wildman–Crippen LogP) is 2.59. The molecular weight excluding hydrogens is 515 g/mol. The van der Waals surface area contributed by atoms with Crippen LogP contribution < -0.4 is 15.8 Å². The van der Waals surface area contributed by atoms with Crippen molar-refractivity contribution in [1.82, 2.24) is 9.55 Å². The Hall–Kier alpha value is -2.43. The minimum Gasteiger partial charge on any atom is -0.463 e. The lowest BCUT2D eigenvalue weighted by Crippen LogP contribution is -2.36. The van der Waals surface area contributed by atoms with Crippen molar-refractivity contribution in [2.45, 2.75) is 57.6 Å². The van der Waals surface area contributed by atoms with Gasteiger partial charge in [0.25, 0.3) is 5.56 Å². The zero-order valence-corrected chi connectivity index (χ0v) is 22.0. The number of benzene rings is 1. The normalized spacial score (nSPS) is 24.3. The van der Waals surface area contributed by atoms with E-state index in [0.717, 1.165) is 4.57 Å². The maximum atomic E-state index is 13.7. The smallest absolute Gasteiger partial charge is 0.380 e. The monoisotopic (exact) mass is 544 g/mol. The highest BCUT2D eigenvalue weighted by atomic mass is 35.5. The quantitative estimate of drug-likeness (QED) is 0.262. The number of nitrogens with zero attached hydrogens (tertiary/aromatic N) is 1. The predicted molar refractivity (Wildman–Crippen MR) is 132 cm³/mol. The highest BCUT2D eigenvalue weighted by Crippen LogP contribution is 2.50. The van der Waals surface area contributed by atoms with Gasteiger partial charge in [-0.2, -0.15) is 0 Å². The number of alkyl halides is 1. The molecule has 2 unspecified atom stereocenters. The first-order valence-corrected chi connectivity index (χ1v) is 13.5. The number of hydrogen-bond donors (Lipinski definition) is 2. The molecule has 1 saturated heterocycles. The van der Waals surface area contributed by atoms with Gasteiger partial charge in [0.1, 0.15) is 23.3 Å². The lowest BCUT2D eigenvalue weighted by Gasteiger charge is -2.24. The number of aliphatic hydroxyl groups excluding tert-OH is 1. The molecule has 36 heavy (non-hydrogen) atoms. The van der Waals surface area contributed by atoms with Crippen molar-refractivity contribution in [2.24, 2.45) is 5.92 Å². The van der Waals surface area contributed by atoms with Gasteiger partial charge in [-0.3, -0.25) is 23.7 Å². The number of ether oxygens (including phenoxy) is 2. The summed E-state index contributed by atoms with van der Waals surface area (Å²) in [5, 5.41) is 9.56. The van der Waals surface area contributed by atoms with Crippen LogP contribution in [0.5, 0.6) is 5.75 Å². The number of para-hydroxylation sites is 1. The zero-order valence-electron chi connectivity index (χ0n) is 20.3. The summed E-state index contributed by atoms with van der Waals surface area (Å²) >= 11 is 6.33. The van der Waals surface area contributed by atoms with Gasteiger partial charge in [-0.15, -0.1) is 11.6 Å². The number of nitrogens with one attached hydrogen (secondary N) is 1. The van der Waals surface area contributed by atoms with Crippen LogP contribution in [-0.4, -0.2) is 57.1 Å². The third-order valence-electron chi connectivity index (χ3n) is 5.39. The topological polar surface area (TPSA) is 146 Å². The molecule has 1 aromatic carbocycles. The van der Waals surface area contributed by atoms with Crippen molar-refractivity contribution in [3.8, 4) is 5.75 Å². The summed E-state index contributed by atoms with van der Waals surface area (Å²) in [6.07, 6.45) is -2.86. The number of carbonyl (C=O) groups is 1. The second-order valence-corrected chi connectivity index (χ2v) is 11.4. The molecule has 11 nitrogen and oxygen atoms in total. The van der Waals surface area contributed by atoms with Crippen molar-refractivity contribution in [3.05, 3.63) is 62.9 Å². The number of rotatable bonds is 10. The van der Waals surface area contributed by atoms with Crippen LogP contribution in [0, 0.1) is 12.8 Å². The third kappa shape index (κ3) is 6.86. The molecule has 2 heterocycles. The summed E-state index contributed by atoms with van der Waals surface area (Å²) in [6.45, 7) is 6.05. The number of carbonyl (C=O) groups excluding carboxylic acids is 1. The van der Waals surface area contributed by atoms with Gasteiger partial charge < -0.3 is 19.1 Å². The Morgan fingerprint density at radius 3 is 2.56 bits per heavy atom. The maximum Gasteiger partial charge on any atom is 0.380 e. The van der Waals surface area contributed by atoms with E-state index in [9.17, 15) is 24.1 Å².